The number of nitrogens with one attached hydrogen (secondary N) is 1. The molecule has 0 radical (unpaired) electrons. The summed E-state index contributed by atoms with van der Waals surface area (Å²) < 4.78 is 0. The van der Waals surface area contributed by atoms with Crippen LogP contribution in [0, 0.1) is 22.0 Å². The van der Waals surface area contributed by atoms with Crippen molar-refractivity contribution >= 4 is 22.2 Å². The minimum absolute atomic E-state index is 0.0428. The van der Waals surface area contributed by atoms with Crippen LogP contribution >= 0.6 is 11.3 Å². The predicted octanol–water partition coefficient (Wildman–Crippen LogP) is 0.539. The fraction of sp³-hybridized carbons (Fsp3) is 0.250. The molecule has 1 aromatic heterocycles. The monoisotopic (exact) mass is 225 g/mol. The molecule has 78 valence electrons. The van der Waals surface area contributed by atoms with Gasteiger partial charge in [0.2, 0.25) is 5.91 Å². The molecule has 1 rings (SSSR count). The van der Waals surface area contributed by atoms with Gasteiger partial charge in [-0.05, 0) is 17.3 Å². The third kappa shape index (κ3) is 3.74. The Morgan fingerprint density at radius 3 is 3.07 bits per heavy atom. The lowest BCUT2D eigenvalue weighted by atomic mass is 10.5. The quantitative estimate of drug-likeness (QED) is 0.452. The summed E-state index contributed by atoms with van der Waals surface area (Å²) >= 11 is 0.903. The number of hydrogen-bond acceptors (Lipinski definition) is 5. The van der Waals surface area contributed by atoms with E-state index < -0.39 is 4.92 Å². The van der Waals surface area contributed by atoms with Gasteiger partial charge in [0.05, 0.1) is 11.5 Å². The normalized spacial score (nSPS) is 8.87. The summed E-state index contributed by atoms with van der Waals surface area (Å²) in [4.78, 5) is 24.0. The first-order valence-corrected chi connectivity index (χ1v) is 4.75. The van der Waals surface area contributed by atoms with Crippen LogP contribution in [0.25, 0.3) is 0 Å². The Labute approximate surface area is 89.5 Å². The van der Waals surface area contributed by atoms with Gasteiger partial charge in [-0.1, -0.05) is 5.92 Å². The van der Waals surface area contributed by atoms with Crippen LogP contribution in [0.3, 0.4) is 0 Å². The second-order valence-electron chi connectivity index (χ2n) is 2.47. The minimum Gasteiger partial charge on any atom is -0.345 e. The van der Waals surface area contributed by atoms with Crippen LogP contribution in [0.4, 0.5) is 5.00 Å². The highest BCUT2D eigenvalue weighted by Gasteiger charge is 2.09. The molecule has 0 aliphatic carbocycles. The summed E-state index contributed by atoms with van der Waals surface area (Å²) in [6.07, 6.45) is 1.16. The Morgan fingerprint density at radius 1 is 1.80 bits per heavy atom. The molecule has 1 heterocycles. The molecule has 1 N–H and O–H groups in total. The Balaban J connectivity index is 2.56. The SMILES string of the molecule is CC(=O)NCC#Cc1ncc([N+](=O)[O-])s1. The van der Waals surface area contributed by atoms with Crippen LogP contribution in [0.15, 0.2) is 6.20 Å². The minimum atomic E-state index is -0.517. The van der Waals surface area contributed by atoms with Crippen LogP contribution < -0.4 is 5.32 Å². The average molecular weight is 225 g/mol. The molecule has 0 saturated heterocycles. The summed E-state index contributed by atoms with van der Waals surface area (Å²) in [5.74, 6) is 5.07. The number of nitro groups is 1. The Kier molecular flexibility index (Phi) is 3.76. The molecular weight excluding hydrogens is 218 g/mol. The van der Waals surface area contributed by atoms with Gasteiger partial charge in [0.15, 0.2) is 5.01 Å². The van der Waals surface area contributed by atoms with Crippen molar-refractivity contribution in [2.24, 2.45) is 0 Å². The van der Waals surface area contributed by atoms with Gasteiger partial charge in [0.25, 0.3) is 0 Å². The third-order valence-corrected chi connectivity index (χ3v) is 2.16. The number of thiazole rings is 1. The second-order valence-corrected chi connectivity index (χ2v) is 3.48. The van der Waals surface area contributed by atoms with Gasteiger partial charge < -0.3 is 5.32 Å². The van der Waals surface area contributed by atoms with E-state index in [0.717, 1.165) is 17.5 Å². The fourth-order valence-electron chi connectivity index (χ4n) is 0.696. The summed E-state index contributed by atoms with van der Waals surface area (Å²) in [5.41, 5.74) is 0. The number of hydrogen-bond donors (Lipinski definition) is 1. The molecule has 0 aliphatic rings. The summed E-state index contributed by atoms with van der Waals surface area (Å²) in [6, 6.07) is 0. The van der Waals surface area contributed by atoms with Crippen molar-refractivity contribution in [3.63, 3.8) is 0 Å². The molecule has 0 aromatic carbocycles. The Hall–Kier alpha value is -1.94. The lowest BCUT2D eigenvalue weighted by molar-refractivity contribution is -0.380. The molecule has 0 saturated carbocycles. The third-order valence-electron chi connectivity index (χ3n) is 1.29. The van der Waals surface area contributed by atoms with Gasteiger partial charge in [0, 0.05) is 6.92 Å². The highest BCUT2D eigenvalue weighted by Crippen LogP contribution is 2.19. The van der Waals surface area contributed by atoms with Crippen molar-refractivity contribution < 1.29 is 9.72 Å². The first kappa shape index (κ1) is 11.1. The van der Waals surface area contributed by atoms with Crippen LogP contribution in [0.1, 0.15) is 11.9 Å². The standard InChI is InChI=1S/C8H7N3O3S/c1-6(12)9-4-2-3-7-10-5-8(15-7)11(13)14/h5H,4H2,1H3,(H,9,12). The van der Waals surface area contributed by atoms with Gasteiger partial charge >= 0.3 is 5.00 Å². The van der Waals surface area contributed by atoms with E-state index in [1.807, 2.05) is 0 Å². The van der Waals surface area contributed by atoms with Crippen molar-refractivity contribution in [3.8, 4) is 11.8 Å². The van der Waals surface area contributed by atoms with Crippen LogP contribution in [-0.2, 0) is 4.79 Å². The van der Waals surface area contributed by atoms with E-state index in [1.165, 1.54) is 6.92 Å². The van der Waals surface area contributed by atoms with Crippen LogP contribution in [-0.4, -0.2) is 22.4 Å². The Bertz CT molecular complexity index is 443. The maximum absolute atomic E-state index is 10.5. The van der Waals surface area contributed by atoms with Crippen molar-refractivity contribution in [2.75, 3.05) is 6.54 Å². The van der Waals surface area contributed by atoms with Crippen molar-refractivity contribution in [1.29, 1.82) is 0 Å². The largest absolute Gasteiger partial charge is 0.345 e. The maximum Gasteiger partial charge on any atom is 0.344 e. The Morgan fingerprint density at radius 2 is 2.53 bits per heavy atom. The first-order chi connectivity index (χ1) is 7.09. The van der Waals surface area contributed by atoms with Crippen molar-refractivity contribution in [1.82, 2.24) is 10.3 Å². The van der Waals surface area contributed by atoms with E-state index in [4.69, 9.17) is 0 Å². The predicted molar refractivity (Wildman–Crippen MR) is 54.3 cm³/mol. The van der Waals surface area contributed by atoms with Gasteiger partial charge in [-0.3, -0.25) is 14.9 Å². The number of amides is 1. The summed E-state index contributed by atoms with van der Waals surface area (Å²) in [6.45, 7) is 1.60. The van der Waals surface area contributed by atoms with Gasteiger partial charge in [-0.25, -0.2) is 4.98 Å². The number of aromatic nitrogens is 1. The summed E-state index contributed by atoms with van der Waals surface area (Å²) in [5, 5.41) is 13.1. The first-order valence-electron chi connectivity index (χ1n) is 3.93. The van der Waals surface area contributed by atoms with Crippen LogP contribution in [0.2, 0.25) is 0 Å². The fourth-order valence-corrected chi connectivity index (χ4v) is 1.30. The lowest BCUT2D eigenvalue weighted by Gasteiger charge is -1.89. The highest BCUT2D eigenvalue weighted by atomic mass is 32.1. The molecule has 0 spiro atoms. The molecule has 0 bridgehead atoms. The van der Waals surface area contributed by atoms with Crippen LogP contribution in [0.5, 0.6) is 0 Å². The maximum atomic E-state index is 10.5. The molecule has 0 aliphatic heterocycles. The zero-order valence-electron chi connectivity index (χ0n) is 7.81. The topological polar surface area (TPSA) is 85.1 Å². The molecule has 0 unspecified atom stereocenters. The van der Waals surface area contributed by atoms with Gasteiger partial charge in [-0.2, -0.15) is 0 Å². The number of carbonyl (C=O) groups excluding carboxylic acids is 1. The molecular formula is C8H7N3O3S. The van der Waals surface area contributed by atoms with E-state index >= 15 is 0 Å². The number of rotatable bonds is 2. The van der Waals surface area contributed by atoms with Gasteiger partial charge in [-0.15, -0.1) is 0 Å². The van der Waals surface area contributed by atoms with Crippen molar-refractivity contribution in [2.45, 2.75) is 6.92 Å². The molecule has 1 amide bonds. The molecule has 7 heteroatoms. The second kappa shape index (κ2) is 5.07. The molecule has 0 fully saturated rings. The highest BCUT2D eigenvalue weighted by molar-refractivity contribution is 7.15. The van der Waals surface area contributed by atoms with Crippen molar-refractivity contribution in [3.05, 3.63) is 21.3 Å². The zero-order valence-corrected chi connectivity index (χ0v) is 8.63. The van der Waals surface area contributed by atoms with Gasteiger partial charge in [0.1, 0.15) is 6.20 Å². The van der Waals surface area contributed by atoms with E-state index in [1.54, 1.807) is 0 Å². The number of nitrogens with zero attached hydrogens (tertiary/aromatic N) is 2. The molecule has 1 aromatic rings. The average Bonchev–Trinajstić information content (AvgIpc) is 2.60. The lowest BCUT2D eigenvalue weighted by Crippen LogP contribution is -2.19. The smallest absolute Gasteiger partial charge is 0.344 e. The molecule has 15 heavy (non-hydrogen) atoms. The number of carbonyl (C=O) groups is 1. The van der Waals surface area contributed by atoms with E-state index in [9.17, 15) is 14.9 Å². The molecule has 0 atom stereocenters. The summed E-state index contributed by atoms with van der Waals surface area (Å²) in [7, 11) is 0. The van der Waals surface area contributed by atoms with E-state index in [2.05, 4.69) is 22.1 Å². The van der Waals surface area contributed by atoms with E-state index in [-0.39, 0.29) is 17.5 Å². The van der Waals surface area contributed by atoms with E-state index in [0.29, 0.717) is 5.01 Å². The zero-order chi connectivity index (χ0) is 11.3. The molecule has 6 nitrogen and oxygen atoms in total.